The van der Waals surface area contributed by atoms with Gasteiger partial charge in [-0.25, -0.2) is 0 Å². The van der Waals surface area contributed by atoms with Gasteiger partial charge in [-0.2, -0.15) is 5.06 Å². The van der Waals surface area contributed by atoms with E-state index in [1.807, 2.05) is 50.3 Å². The van der Waals surface area contributed by atoms with Crippen LogP contribution in [0, 0.1) is 5.92 Å². The van der Waals surface area contributed by atoms with Crippen LogP contribution in [-0.4, -0.2) is 49.9 Å². The number of carbonyl (C=O) groups is 2. The molecule has 0 atom stereocenters. The SMILES string of the molecule is CC(C)(I)C(=O)OCCOC(=O)C1CC(C)(C)N(O)C(C)(C)C1. The lowest BCUT2D eigenvalue weighted by Gasteiger charge is -2.50. The van der Waals surface area contributed by atoms with Gasteiger partial charge in [0.05, 0.1) is 5.92 Å². The Hall–Kier alpha value is -0.410. The van der Waals surface area contributed by atoms with E-state index in [1.54, 1.807) is 13.8 Å². The van der Waals surface area contributed by atoms with Crippen LogP contribution in [0.4, 0.5) is 0 Å². The first kappa shape index (κ1) is 20.6. The van der Waals surface area contributed by atoms with E-state index in [0.29, 0.717) is 12.8 Å². The summed E-state index contributed by atoms with van der Waals surface area (Å²) in [5.41, 5.74) is -0.994. The summed E-state index contributed by atoms with van der Waals surface area (Å²) in [4.78, 5) is 23.9. The zero-order valence-electron chi connectivity index (χ0n) is 14.8. The number of halogens is 1. The van der Waals surface area contributed by atoms with Gasteiger partial charge in [0, 0.05) is 11.1 Å². The summed E-state index contributed by atoms with van der Waals surface area (Å²) in [6.45, 7) is 11.2. The Morgan fingerprint density at radius 3 is 2.00 bits per heavy atom. The zero-order chi connectivity index (χ0) is 18.1. The predicted molar refractivity (Wildman–Crippen MR) is 94.5 cm³/mol. The van der Waals surface area contributed by atoms with E-state index in [9.17, 15) is 14.8 Å². The normalized spacial score (nSPS) is 21.7. The van der Waals surface area contributed by atoms with E-state index in [1.165, 1.54) is 5.06 Å². The lowest BCUT2D eigenvalue weighted by Crippen LogP contribution is -2.60. The molecule has 0 aromatic heterocycles. The van der Waals surface area contributed by atoms with Crippen molar-refractivity contribution < 1.29 is 24.3 Å². The topological polar surface area (TPSA) is 76.1 Å². The van der Waals surface area contributed by atoms with Crippen LogP contribution in [0.25, 0.3) is 0 Å². The maximum absolute atomic E-state index is 12.3. The van der Waals surface area contributed by atoms with Crippen molar-refractivity contribution in [3.8, 4) is 0 Å². The Kier molecular flexibility index (Phi) is 6.48. The Morgan fingerprint density at radius 1 is 1.13 bits per heavy atom. The van der Waals surface area contributed by atoms with Crippen molar-refractivity contribution in [3.63, 3.8) is 0 Å². The summed E-state index contributed by atoms with van der Waals surface area (Å²) < 4.78 is 9.73. The Labute approximate surface area is 152 Å². The molecule has 1 rings (SSSR count). The van der Waals surface area contributed by atoms with Crippen LogP contribution in [-0.2, 0) is 19.1 Å². The number of nitrogens with zero attached hydrogens (tertiary/aromatic N) is 1. The average Bonchev–Trinajstić information content (AvgIpc) is 2.38. The number of esters is 2. The largest absolute Gasteiger partial charge is 0.462 e. The van der Waals surface area contributed by atoms with Gasteiger partial charge in [0.2, 0.25) is 0 Å². The molecule has 0 aliphatic carbocycles. The van der Waals surface area contributed by atoms with Gasteiger partial charge in [0.15, 0.2) is 0 Å². The molecule has 134 valence electrons. The predicted octanol–water partition coefficient (Wildman–Crippen LogP) is 2.94. The molecule has 0 amide bonds. The zero-order valence-corrected chi connectivity index (χ0v) is 17.0. The fourth-order valence-corrected chi connectivity index (χ4v) is 3.16. The van der Waals surface area contributed by atoms with E-state index < -0.39 is 14.5 Å². The molecule has 1 N–H and O–H groups in total. The highest BCUT2D eigenvalue weighted by atomic mass is 127. The van der Waals surface area contributed by atoms with Crippen LogP contribution >= 0.6 is 22.6 Å². The van der Waals surface area contributed by atoms with Crippen molar-refractivity contribution in [2.45, 2.75) is 68.9 Å². The molecule has 1 saturated heterocycles. The molecule has 0 radical (unpaired) electrons. The fourth-order valence-electron chi connectivity index (χ4n) is 3.00. The van der Waals surface area contributed by atoms with Crippen LogP contribution in [0.3, 0.4) is 0 Å². The number of hydrogen-bond acceptors (Lipinski definition) is 6. The maximum atomic E-state index is 12.3. The summed E-state index contributed by atoms with van der Waals surface area (Å²) in [5, 5.41) is 11.6. The van der Waals surface area contributed by atoms with Gasteiger partial charge in [0.1, 0.15) is 16.6 Å². The lowest BCUT2D eigenvalue weighted by atomic mass is 9.75. The number of rotatable bonds is 5. The first-order chi connectivity index (χ1) is 10.3. The van der Waals surface area contributed by atoms with Gasteiger partial charge in [-0.1, -0.05) is 22.6 Å². The minimum absolute atomic E-state index is 0.0531. The standard InChI is InChI=1S/C16H28INO5/c1-14(2)9-11(10-15(3,4)18(14)21)12(19)22-7-8-23-13(20)16(5,6)17/h11,21H,7-10H2,1-6H3. The molecule has 0 aromatic rings. The number of alkyl halides is 1. The third-order valence-corrected chi connectivity index (χ3v) is 4.46. The molecule has 1 fully saturated rings. The number of hydroxylamine groups is 2. The molecule has 6 nitrogen and oxygen atoms in total. The first-order valence-corrected chi connectivity index (χ1v) is 8.87. The van der Waals surface area contributed by atoms with Crippen molar-refractivity contribution in [2.75, 3.05) is 13.2 Å². The van der Waals surface area contributed by atoms with Gasteiger partial charge >= 0.3 is 11.9 Å². The average molecular weight is 441 g/mol. The lowest BCUT2D eigenvalue weighted by molar-refractivity contribution is -0.252. The summed E-state index contributed by atoms with van der Waals surface area (Å²) in [6, 6.07) is 0. The summed E-state index contributed by atoms with van der Waals surface area (Å²) in [6.07, 6.45) is 1.04. The number of hydrogen-bond donors (Lipinski definition) is 1. The van der Waals surface area contributed by atoms with Gasteiger partial charge in [-0.3, -0.25) is 9.59 Å². The monoisotopic (exact) mass is 441 g/mol. The molecule has 1 aliphatic rings. The van der Waals surface area contributed by atoms with E-state index in [-0.39, 0.29) is 31.1 Å². The fraction of sp³-hybridized carbons (Fsp3) is 0.875. The third kappa shape index (κ3) is 5.56. The molecule has 0 aromatic carbocycles. The number of ether oxygens (including phenoxy) is 2. The van der Waals surface area contributed by atoms with Crippen molar-refractivity contribution in [1.82, 2.24) is 5.06 Å². The van der Waals surface area contributed by atoms with Crippen molar-refractivity contribution >= 4 is 34.5 Å². The molecule has 0 spiro atoms. The molecule has 7 heteroatoms. The van der Waals surface area contributed by atoms with Crippen LogP contribution in [0.1, 0.15) is 54.4 Å². The summed E-state index contributed by atoms with van der Waals surface area (Å²) in [5.74, 6) is -0.908. The quantitative estimate of drug-likeness (QED) is 0.306. The van der Waals surface area contributed by atoms with E-state index in [4.69, 9.17) is 9.47 Å². The molecule has 0 saturated carbocycles. The molecule has 0 bridgehead atoms. The molecule has 1 aliphatic heterocycles. The van der Waals surface area contributed by atoms with E-state index in [2.05, 4.69) is 0 Å². The van der Waals surface area contributed by atoms with Gasteiger partial charge in [-0.05, 0) is 54.4 Å². The first-order valence-electron chi connectivity index (χ1n) is 7.79. The molecule has 0 unspecified atom stereocenters. The Balaban J connectivity index is 2.48. The van der Waals surface area contributed by atoms with Gasteiger partial charge < -0.3 is 14.7 Å². The van der Waals surface area contributed by atoms with Gasteiger partial charge in [-0.15, -0.1) is 0 Å². The van der Waals surface area contributed by atoms with Gasteiger partial charge in [0.25, 0.3) is 0 Å². The maximum Gasteiger partial charge on any atom is 0.321 e. The van der Waals surface area contributed by atoms with Crippen LogP contribution in [0.2, 0.25) is 0 Å². The Bertz CT molecular complexity index is 438. The second-order valence-corrected chi connectivity index (χ2v) is 10.5. The minimum atomic E-state index is -0.593. The number of piperidine rings is 1. The highest BCUT2D eigenvalue weighted by molar-refractivity contribution is 14.1. The van der Waals surface area contributed by atoms with Crippen molar-refractivity contribution in [2.24, 2.45) is 5.92 Å². The molecule has 23 heavy (non-hydrogen) atoms. The van der Waals surface area contributed by atoms with Crippen molar-refractivity contribution in [3.05, 3.63) is 0 Å². The second kappa shape index (κ2) is 7.23. The second-order valence-electron chi connectivity index (χ2n) is 7.82. The summed E-state index contributed by atoms with van der Waals surface area (Å²) in [7, 11) is 0. The highest BCUT2D eigenvalue weighted by Crippen LogP contribution is 2.40. The van der Waals surface area contributed by atoms with Crippen LogP contribution in [0.5, 0.6) is 0 Å². The minimum Gasteiger partial charge on any atom is -0.462 e. The molecule has 1 heterocycles. The summed E-state index contributed by atoms with van der Waals surface area (Å²) >= 11 is 2.00. The molecular weight excluding hydrogens is 413 g/mol. The van der Waals surface area contributed by atoms with Crippen LogP contribution in [0.15, 0.2) is 0 Å². The van der Waals surface area contributed by atoms with E-state index >= 15 is 0 Å². The highest BCUT2D eigenvalue weighted by Gasteiger charge is 2.47. The van der Waals surface area contributed by atoms with Crippen LogP contribution < -0.4 is 0 Å². The Morgan fingerprint density at radius 2 is 1.57 bits per heavy atom. The third-order valence-electron chi connectivity index (χ3n) is 4.02. The smallest absolute Gasteiger partial charge is 0.321 e. The van der Waals surface area contributed by atoms with Crippen molar-refractivity contribution in [1.29, 1.82) is 0 Å². The molecular formula is C16H28INO5. The van der Waals surface area contributed by atoms with E-state index in [0.717, 1.165) is 0 Å². The number of carbonyl (C=O) groups excluding carboxylic acids is 2.